The molecule has 0 aromatic carbocycles. The van der Waals surface area contributed by atoms with Crippen molar-refractivity contribution >= 4 is 11.9 Å². The predicted octanol–water partition coefficient (Wildman–Crippen LogP) is 1.54. The van der Waals surface area contributed by atoms with E-state index in [-0.39, 0.29) is 6.09 Å². The summed E-state index contributed by atoms with van der Waals surface area (Å²) in [7, 11) is 1.61. The van der Waals surface area contributed by atoms with Gasteiger partial charge in [0.15, 0.2) is 11.6 Å². The molecule has 1 aliphatic rings. The molecule has 0 spiro atoms. The minimum absolute atomic E-state index is 0.270. The number of carbonyl (C=O) groups excluding carboxylic acids is 1. The lowest BCUT2D eigenvalue weighted by Crippen LogP contribution is -2.50. The predicted molar refractivity (Wildman–Crippen MR) is 78.6 cm³/mol. The van der Waals surface area contributed by atoms with E-state index in [4.69, 9.17) is 9.47 Å². The SMILES string of the molecule is COc1ccnnc1N1CCN(C(=O)OC(C)(C)C)CC1. The topological polar surface area (TPSA) is 67.8 Å². The molecule has 0 aliphatic carbocycles. The van der Waals surface area contributed by atoms with Gasteiger partial charge in [-0.2, -0.15) is 5.10 Å². The van der Waals surface area contributed by atoms with E-state index >= 15 is 0 Å². The number of piperazine rings is 1. The van der Waals surface area contributed by atoms with Crippen LogP contribution in [0.2, 0.25) is 0 Å². The molecule has 1 saturated heterocycles. The Morgan fingerprint density at radius 1 is 1.24 bits per heavy atom. The fourth-order valence-corrected chi connectivity index (χ4v) is 2.12. The van der Waals surface area contributed by atoms with Crippen LogP contribution in [0.4, 0.5) is 10.6 Å². The van der Waals surface area contributed by atoms with Crippen molar-refractivity contribution < 1.29 is 14.3 Å². The van der Waals surface area contributed by atoms with Crippen LogP contribution in [0.5, 0.6) is 5.75 Å². The van der Waals surface area contributed by atoms with E-state index in [1.807, 2.05) is 20.8 Å². The average Bonchev–Trinajstić information content (AvgIpc) is 2.45. The van der Waals surface area contributed by atoms with Gasteiger partial charge in [0.2, 0.25) is 0 Å². The van der Waals surface area contributed by atoms with Crippen LogP contribution >= 0.6 is 0 Å². The van der Waals surface area contributed by atoms with E-state index in [1.165, 1.54) is 0 Å². The second-order valence-corrected chi connectivity index (χ2v) is 5.88. The molecule has 7 heteroatoms. The summed E-state index contributed by atoms with van der Waals surface area (Å²) in [5, 5.41) is 8.01. The molecule has 1 aromatic heterocycles. The van der Waals surface area contributed by atoms with Crippen LogP contribution in [0.3, 0.4) is 0 Å². The molecule has 1 aliphatic heterocycles. The minimum atomic E-state index is -0.470. The number of methoxy groups -OCH3 is 1. The molecule has 0 bridgehead atoms. The molecule has 0 radical (unpaired) electrons. The Kier molecular flexibility index (Phi) is 4.50. The van der Waals surface area contributed by atoms with E-state index in [2.05, 4.69) is 15.1 Å². The highest BCUT2D eigenvalue weighted by Crippen LogP contribution is 2.25. The molecular weight excluding hydrogens is 272 g/mol. The number of hydrogen-bond acceptors (Lipinski definition) is 6. The lowest BCUT2D eigenvalue weighted by atomic mass is 10.2. The number of hydrogen-bond donors (Lipinski definition) is 0. The summed E-state index contributed by atoms with van der Waals surface area (Å²) in [5.41, 5.74) is -0.470. The second kappa shape index (κ2) is 6.15. The zero-order valence-corrected chi connectivity index (χ0v) is 13.0. The third kappa shape index (κ3) is 3.96. The van der Waals surface area contributed by atoms with Crippen LogP contribution < -0.4 is 9.64 Å². The van der Waals surface area contributed by atoms with Gasteiger partial charge in [0.1, 0.15) is 5.60 Å². The monoisotopic (exact) mass is 294 g/mol. The quantitative estimate of drug-likeness (QED) is 0.824. The van der Waals surface area contributed by atoms with Crippen LogP contribution in [-0.4, -0.2) is 60.1 Å². The first kappa shape index (κ1) is 15.3. The molecule has 0 atom stereocenters. The number of nitrogens with zero attached hydrogens (tertiary/aromatic N) is 4. The highest BCUT2D eigenvalue weighted by molar-refractivity contribution is 5.68. The van der Waals surface area contributed by atoms with Crippen LogP contribution in [-0.2, 0) is 4.74 Å². The minimum Gasteiger partial charge on any atom is -0.493 e. The smallest absolute Gasteiger partial charge is 0.410 e. The summed E-state index contributed by atoms with van der Waals surface area (Å²) < 4.78 is 10.7. The molecule has 0 saturated carbocycles. The van der Waals surface area contributed by atoms with Crippen molar-refractivity contribution in [2.24, 2.45) is 0 Å². The molecule has 2 rings (SSSR count). The number of carbonyl (C=O) groups is 1. The largest absolute Gasteiger partial charge is 0.493 e. The molecule has 0 N–H and O–H groups in total. The Morgan fingerprint density at radius 3 is 2.48 bits per heavy atom. The van der Waals surface area contributed by atoms with Crippen LogP contribution in [0.15, 0.2) is 12.3 Å². The number of rotatable bonds is 2. The number of aromatic nitrogens is 2. The van der Waals surface area contributed by atoms with Gasteiger partial charge in [0, 0.05) is 32.2 Å². The van der Waals surface area contributed by atoms with Crippen molar-refractivity contribution in [2.75, 3.05) is 38.2 Å². The lowest BCUT2D eigenvalue weighted by molar-refractivity contribution is 0.0240. The average molecular weight is 294 g/mol. The van der Waals surface area contributed by atoms with E-state index in [0.29, 0.717) is 37.7 Å². The Labute approximate surface area is 124 Å². The zero-order valence-electron chi connectivity index (χ0n) is 13.0. The summed E-state index contributed by atoms with van der Waals surface area (Å²) in [6.45, 7) is 8.13. The molecule has 0 unspecified atom stereocenters. The maximum Gasteiger partial charge on any atom is 0.410 e. The Morgan fingerprint density at radius 2 is 1.90 bits per heavy atom. The van der Waals surface area contributed by atoms with E-state index in [0.717, 1.165) is 0 Å². The van der Waals surface area contributed by atoms with Gasteiger partial charge < -0.3 is 19.3 Å². The van der Waals surface area contributed by atoms with Crippen LogP contribution in [0, 0.1) is 0 Å². The maximum atomic E-state index is 12.0. The normalized spacial score (nSPS) is 15.8. The van der Waals surface area contributed by atoms with Crippen molar-refractivity contribution in [1.82, 2.24) is 15.1 Å². The first-order valence-corrected chi connectivity index (χ1v) is 6.99. The molecular formula is C14H22N4O3. The van der Waals surface area contributed by atoms with Crippen molar-refractivity contribution in [2.45, 2.75) is 26.4 Å². The zero-order chi connectivity index (χ0) is 15.5. The van der Waals surface area contributed by atoms with Crippen molar-refractivity contribution in [3.05, 3.63) is 12.3 Å². The van der Waals surface area contributed by atoms with Crippen molar-refractivity contribution in [1.29, 1.82) is 0 Å². The van der Waals surface area contributed by atoms with Gasteiger partial charge in [-0.15, -0.1) is 5.10 Å². The molecule has 7 nitrogen and oxygen atoms in total. The lowest BCUT2D eigenvalue weighted by Gasteiger charge is -2.36. The van der Waals surface area contributed by atoms with Gasteiger partial charge in [-0.25, -0.2) is 4.79 Å². The van der Waals surface area contributed by atoms with E-state index < -0.39 is 5.60 Å². The summed E-state index contributed by atoms with van der Waals surface area (Å²) >= 11 is 0. The molecule has 116 valence electrons. The van der Waals surface area contributed by atoms with Crippen molar-refractivity contribution in [3.8, 4) is 5.75 Å². The van der Waals surface area contributed by atoms with Gasteiger partial charge in [-0.05, 0) is 20.8 Å². The first-order valence-electron chi connectivity index (χ1n) is 6.99. The number of anilines is 1. The Hall–Kier alpha value is -2.05. The van der Waals surface area contributed by atoms with Gasteiger partial charge >= 0.3 is 6.09 Å². The number of amides is 1. The maximum absolute atomic E-state index is 12.0. The summed E-state index contributed by atoms with van der Waals surface area (Å²) in [5.74, 6) is 1.40. The fraction of sp³-hybridized carbons (Fsp3) is 0.643. The van der Waals surface area contributed by atoms with Crippen LogP contribution in [0.25, 0.3) is 0 Å². The molecule has 2 heterocycles. The van der Waals surface area contributed by atoms with Crippen molar-refractivity contribution in [3.63, 3.8) is 0 Å². The Bertz CT molecular complexity index is 493. The molecule has 1 amide bonds. The molecule has 1 fully saturated rings. The highest BCUT2D eigenvalue weighted by atomic mass is 16.6. The highest BCUT2D eigenvalue weighted by Gasteiger charge is 2.27. The van der Waals surface area contributed by atoms with Crippen LogP contribution in [0.1, 0.15) is 20.8 Å². The second-order valence-electron chi connectivity index (χ2n) is 5.88. The summed E-state index contributed by atoms with van der Waals surface area (Å²) in [4.78, 5) is 15.8. The third-order valence-electron chi connectivity index (χ3n) is 3.12. The first-order chi connectivity index (χ1) is 9.90. The molecule has 1 aromatic rings. The summed E-state index contributed by atoms with van der Waals surface area (Å²) in [6, 6.07) is 1.78. The Balaban J connectivity index is 1.96. The van der Waals surface area contributed by atoms with Gasteiger partial charge in [-0.3, -0.25) is 0 Å². The summed E-state index contributed by atoms with van der Waals surface area (Å²) in [6.07, 6.45) is 1.33. The van der Waals surface area contributed by atoms with Gasteiger partial charge in [-0.1, -0.05) is 0 Å². The van der Waals surface area contributed by atoms with Gasteiger partial charge in [0.05, 0.1) is 13.3 Å². The number of ether oxygens (including phenoxy) is 2. The third-order valence-corrected chi connectivity index (χ3v) is 3.12. The standard InChI is InChI=1S/C14H22N4O3/c1-14(2,3)21-13(19)18-9-7-17(8-10-18)12-11(20-4)5-6-15-16-12/h5-6H,7-10H2,1-4H3. The van der Waals surface area contributed by atoms with Gasteiger partial charge in [0.25, 0.3) is 0 Å². The fourth-order valence-electron chi connectivity index (χ4n) is 2.12. The van der Waals surface area contributed by atoms with E-state index in [9.17, 15) is 4.79 Å². The van der Waals surface area contributed by atoms with E-state index in [1.54, 1.807) is 24.3 Å². The molecule has 21 heavy (non-hydrogen) atoms.